The van der Waals surface area contributed by atoms with E-state index in [2.05, 4.69) is 19.9 Å². The fraction of sp³-hybridized carbons (Fsp3) is 0.600. The summed E-state index contributed by atoms with van der Waals surface area (Å²) in [6, 6.07) is 6.00. The van der Waals surface area contributed by atoms with E-state index in [1.807, 2.05) is 24.4 Å². The first-order valence-corrected chi connectivity index (χ1v) is 7.43. The minimum absolute atomic E-state index is 0.807. The van der Waals surface area contributed by atoms with Crippen LogP contribution in [0.3, 0.4) is 0 Å². The minimum atomic E-state index is 0.807. The van der Waals surface area contributed by atoms with Gasteiger partial charge in [0.1, 0.15) is 0 Å². The van der Waals surface area contributed by atoms with Gasteiger partial charge in [-0.3, -0.25) is 4.40 Å². The Labute approximate surface area is 114 Å². The minimum Gasteiger partial charge on any atom is -0.310 e. The highest BCUT2D eigenvalue weighted by atomic mass is 15.3. The van der Waals surface area contributed by atoms with Gasteiger partial charge in [-0.1, -0.05) is 31.7 Å². The quantitative estimate of drug-likeness (QED) is 0.857. The number of fused-ring (bicyclic) bond motifs is 1. The van der Waals surface area contributed by atoms with Gasteiger partial charge in [0.15, 0.2) is 11.5 Å². The van der Waals surface area contributed by atoms with Crippen molar-refractivity contribution in [3.05, 3.63) is 30.2 Å². The Bertz CT molecular complexity index is 512. The Morgan fingerprint density at radius 3 is 2.79 bits per heavy atom. The number of nitrogens with zero attached hydrogens (tertiary/aromatic N) is 3. The van der Waals surface area contributed by atoms with Crippen LogP contribution < -0.4 is 5.32 Å². The Morgan fingerprint density at radius 2 is 1.95 bits per heavy atom. The Morgan fingerprint density at radius 1 is 1.11 bits per heavy atom. The van der Waals surface area contributed by atoms with Gasteiger partial charge in [0.2, 0.25) is 0 Å². The number of rotatable bonds is 4. The standard InChI is InChI=1S/C15H22N4/c1-2-4-8-13(7-3-1)11-16-12-15-18-17-14-9-5-6-10-19(14)15/h5-6,9-10,13,16H,1-4,7-8,11-12H2. The maximum Gasteiger partial charge on any atom is 0.160 e. The number of hydrogen-bond acceptors (Lipinski definition) is 3. The van der Waals surface area contributed by atoms with E-state index in [1.165, 1.54) is 38.5 Å². The van der Waals surface area contributed by atoms with Gasteiger partial charge in [0.25, 0.3) is 0 Å². The molecule has 1 N–H and O–H groups in total. The Balaban J connectivity index is 1.54. The Kier molecular flexibility index (Phi) is 4.08. The summed E-state index contributed by atoms with van der Waals surface area (Å²) >= 11 is 0. The van der Waals surface area contributed by atoms with E-state index in [0.29, 0.717) is 0 Å². The summed E-state index contributed by atoms with van der Waals surface area (Å²) in [5, 5.41) is 12.0. The van der Waals surface area contributed by atoms with Crippen LogP contribution in [0.25, 0.3) is 5.65 Å². The monoisotopic (exact) mass is 258 g/mol. The summed E-state index contributed by atoms with van der Waals surface area (Å²) in [4.78, 5) is 0. The second-order valence-corrected chi connectivity index (χ2v) is 5.53. The molecule has 102 valence electrons. The van der Waals surface area contributed by atoms with Crippen molar-refractivity contribution in [2.75, 3.05) is 6.54 Å². The van der Waals surface area contributed by atoms with Crippen LogP contribution in [-0.2, 0) is 6.54 Å². The van der Waals surface area contributed by atoms with Crippen LogP contribution in [0.5, 0.6) is 0 Å². The predicted molar refractivity (Wildman–Crippen MR) is 75.9 cm³/mol. The topological polar surface area (TPSA) is 42.2 Å². The van der Waals surface area contributed by atoms with Gasteiger partial charge in [-0.05, 0) is 37.4 Å². The molecule has 3 rings (SSSR count). The van der Waals surface area contributed by atoms with Gasteiger partial charge in [-0.2, -0.15) is 0 Å². The summed E-state index contributed by atoms with van der Waals surface area (Å²) in [7, 11) is 0. The molecule has 0 saturated heterocycles. The van der Waals surface area contributed by atoms with Crippen molar-refractivity contribution < 1.29 is 0 Å². The van der Waals surface area contributed by atoms with Crippen LogP contribution in [0.1, 0.15) is 44.3 Å². The van der Waals surface area contributed by atoms with Gasteiger partial charge in [-0.15, -0.1) is 10.2 Å². The van der Waals surface area contributed by atoms with E-state index < -0.39 is 0 Å². The molecule has 0 radical (unpaired) electrons. The highest BCUT2D eigenvalue weighted by Crippen LogP contribution is 2.22. The summed E-state index contributed by atoms with van der Waals surface area (Å²) in [6.07, 6.45) is 10.4. The molecule has 0 spiro atoms. The largest absolute Gasteiger partial charge is 0.310 e. The summed E-state index contributed by atoms with van der Waals surface area (Å²) < 4.78 is 2.06. The zero-order valence-corrected chi connectivity index (χ0v) is 11.4. The SMILES string of the molecule is c1ccn2c(CNCC3CCCCCC3)nnc2c1. The molecule has 2 aromatic heterocycles. The van der Waals surface area contributed by atoms with E-state index in [-0.39, 0.29) is 0 Å². The van der Waals surface area contributed by atoms with Gasteiger partial charge >= 0.3 is 0 Å². The molecule has 4 heteroatoms. The average Bonchev–Trinajstić information content (AvgIpc) is 2.68. The van der Waals surface area contributed by atoms with Crippen molar-refractivity contribution >= 4 is 5.65 Å². The van der Waals surface area contributed by atoms with Gasteiger partial charge in [0.05, 0.1) is 6.54 Å². The molecule has 0 aromatic carbocycles. The molecule has 1 saturated carbocycles. The second-order valence-electron chi connectivity index (χ2n) is 5.53. The maximum absolute atomic E-state index is 4.25. The molecule has 19 heavy (non-hydrogen) atoms. The zero-order valence-electron chi connectivity index (χ0n) is 11.4. The lowest BCUT2D eigenvalue weighted by Gasteiger charge is -2.14. The highest BCUT2D eigenvalue weighted by Gasteiger charge is 2.12. The van der Waals surface area contributed by atoms with Crippen molar-refractivity contribution in [3.63, 3.8) is 0 Å². The van der Waals surface area contributed by atoms with Crippen molar-refractivity contribution in [1.29, 1.82) is 0 Å². The molecule has 2 heterocycles. The summed E-state index contributed by atoms with van der Waals surface area (Å²) in [5.41, 5.74) is 0.925. The first-order valence-electron chi connectivity index (χ1n) is 7.43. The molecule has 1 aliphatic carbocycles. The van der Waals surface area contributed by atoms with Crippen LogP contribution in [0, 0.1) is 5.92 Å². The summed E-state index contributed by atoms with van der Waals surface area (Å²) in [5.74, 6) is 1.85. The highest BCUT2D eigenvalue weighted by molar-refractivity contribution is 5.36. The van der Waals surface area contributed by atoms with Gasteiger partial charge in [0, 0.05) is 6.20 Å². The third-order valence-electron chi connectivity index (χ3n) is 4.08. The van der Waals surface area contributed by atoms with Gasteiger partial charge < -0.3 is 5.32 Å². The molecule has 1 aliphatic rings. The summed E-state index contributed by atoms with van der Waals surface area (Å²) in [6.45, 7) is 1.92. The molecule has 0 atom stereocenters. The van der Waals surface area contributed by atoms with Crippen LogP contribution in [0.4, 0.5) is 0 Å². The second kappa shape index (κ2) is 6.15. The lowest BCUT2D eigenvalue weighted by molar-refractivity contribution is 0.422. The fourth-order valence-electron chi connectivity index (χ4n) is 2.97. The van der Waals surface area contributed by atoms with Crippen LogP contribution in [0.2, 0.25) is 0 Å². The molecular formula is C15H22N4. The third kappa shape index (κ3) is 3.13. The van der Waals surface area contributed by atoms with Gasteiger partial charge in [-0.25, -0.2) is 0 Å². The molecule has 4 nitrogen and oxygen atoms in total. The van der Waals surface area contributed by atoms with Crippen molar-refractivity contribution in [2.24, 2.45) is 5.92 Å². The van der Waals surface area contributed by atoms with Crippen molar-refractivity contribution in [1.82, 2.24) is 19.9 Å². The fourth-order valence-corrected chi connectivity index (χ4v) is 2.97. The van der Waals surface area contributed by atoms with Crippen molar-refractivity contribution in [2.45, 2.75) is 45.1 Å². The average molecular weight is 258 g/mol. The van der Waals surface area contributed by atoms with Crippen LogP contribution >= 0.6 is 0 Å². The molecule has 2 aromatic rings. The number of pyridine rings is 1. The zero-order chi connectivity index (χ0) is 12.9. The van der Waals surface area contributed by atoms with E-state index in [4.69, 9.17) is 0 Å². The maximum atomic E-state index is 4.25. The van der Waals surface area contributed by atoms with E-state index >= 15 is 0 Å². The van der Waals surface area contributed by atoms with Crippen LogP contribution in [0.15, 0.2) is 24.4 Å². The molecule has 1 fully saturated rings. The van der Waals surface area contributed by atoms with Crippen molar-refractivity contribution in [3.8, 4) is 0 Å². The number of nitrogens with one attached hydrogen (secondary N) is 1. The molecule has 0 bridgehead atoms. The van der Waals surface area contributed by atoms with E-state index in [0.717, 1.165) is 30.5 Å². The van der Waals surface area contributed by atoms with Crippen LogP contribution in [-0.4, -0.2) is 21.1 Å². The van der Waals surface area contributed by atoms with E-state index in [9.17, 15) is 0 Å². The Hall–Kier alpha value is -1.42. The first-order chi connectivity index (χ1) is 9.43. The molecule has 0 amide bonds. The molecule has 0 unspecified atom stereocenters. The lowest BCUT2D eigenvalue weighted by Crippen LogP contribution is -2.23. The number of hydrogen-bond donors (Lipinski definition) is 1. The first kappa shape index (κ1) is 12.6. The lowest BCUT2D eigenvalue weighted by atomic mass is 10.0. The van der Waals surface area contributed by atoms with E-state index in [1.54, 1.807) is 0 Å². The molecule has 0 aliphatic heterocycles. The normalized spacial score (nSPS) is 17.7. The predicted octanol–water partition coefficient (Wildman–Crippen LogP) is 2.79. The third-order valence-corrected chi connectivity index (χ3v) is 4.08. The molecular weight excluding hydrogens is 236 g/mol. The smallest absolute Gasteiger partial charge is 0.160 e. The number of aromatic nitrogens is 3.